The molecule has 2 aliphatic heterocycles. The van der Waals surface area contributed by atoms with E-state index >= 15 is 0 Å². The number of benzene rings is 2. The maximum atomic E-state index is 13.2. The summed E-state index contributed by atoms with van der Waals surface area (Å²) in [5.41, 5.74) is 3.68. The lowest BCUT2D eigenvalue weighted by Crippen LogP contribution is -2.41. The molecule has 4 heterocycles. The van der Waals surface area contributed by atoms with Crippen molar-refractivity contribution >= 4 is 28.6 Å². The Hall–Kier alpha value is -3.16. The first kappa shape index (κ1) is 19.5. The molecule has 2 saturated heterocycles. The van der Waals surface area contributed by atoms with Crippen molar-refractivity contribution in [2.45, 2.75) is 23.5 Å². The van der Waals surface area contributed by atoms with E-state index < -0.39 is 0 Å². The van der Waals surface area contributed by atoms with Gasteiger partial charge in [-0.25, -0.2) is 9.97 Å². The second-order valence-corrected chi connectivity index (χ2v) is 9.09. The van der Waals surface area contributed by atoms with Gasteiger partial charge in [0, 0.05) is 46.5 Å². The number of morpholine rings is 1. The number of nitrogens with zero attached hydrogens (tertiary/aromatic N) is 4. The Morgan fingerprint density at radius 1 is 1.09 bits per heavy atom. The van der Waals surface area contributed by atoms with Crippen molar-refractivity contribution in [1.29, 1.82) is 0 Å². The highest BCUT2D eigenvalue weighted by Gasteiger charge is 2.41. The van der Waals surface area contributed by atoms with E-state index in [-0.39, 0.29) is 18.1 Å². The zero-order chi connectivity index (χ0) is 21.7. The fourth-order valence-corrected chi connectivity index (χ4v) is 5.30. The predicted octanol–water partition coefficient (Wildman–Crippen LogP) is 4.42. The van der Waals surface area contributed by atoms with Crippen LogP contribution in [0.15, 0.2) is 72.0 Å². The van der Waals surface area contributed by atoms with E-state index in [1.165, 1.54) is 0 Å². The monoisotopic (exact) mass is 442 g/mol. The summed E-state index contributed by atoms with van der Waals surface area (Å²) < 4.78 is 7.64. The van der Waals surface area contributed by atoms with Crippen LogP contribution >= 0.6 is 11.8 Å². The predicted molar refractivity (Wildman–Crippen MR) is 125 cm³/mol. The van der Waals surface area contributed by atoms with Crippen molar-refractivity contribution in [3.05, 3.63) is 72.7 Å². The molecule has 6 nitrogen and oxygen atoms in total. The largest absolute Gasteiger partial charge is 0.374 e. The molecule has 2 bridgehead atoms. The van der Waals surface area contributed by atoms with Gasteiger partial charge in [0.25, 0.3) is 5.91 Å². The summed E-state index contributed by atoms with van der Waals surface area (Å²) in [6, 6.07) is 16.2. The number of carbonyl (C=O) groups excluding carboxylic acids is 1. The third kappa shape index (κ3) is 3.20. The maximum absolute atomic E-state index is 13.2. The topological polar surface area (TPSA) is 60.2 Å². The first-order chi connectivity index (χ1) is 15.7. The summed E-state index contributed by atoms with van der Waals surface area (Å²) in [5.74, 6) is 0.662. The summed E-state index contributed by atoms with van der Waals surface area (Å²) in [4.78, 5) is 25.6. The lowest BCUT2D eigenvalue weighted by Gasteiger charge is -2.27. The summed E-state index contributed by atoms with van der Waals surface area (Å²) >= 11 is 1.67. The molecule has 2 aromatic heterocycles. The Morgan fingerprint density at radius 2 is 1.91 bits per heavy atom. The number of carbonyl (C=O) groups is 1. The fraction of sp³-hybridized carbons (Fsp3) is 0.240. The van der Waals surface area contributed by atoms with E-state index in [1.54, 1.807) is 11.8 Å². The number of hydrogen-bond acceptors (Lipinski definition) is 5. The number of rotatable bonds is 4. The smallest absolute Gasteiger partial charge is 0.254 e. The Bertz CT molecular complexity index is 1300. The second kappa shape index (κ2) is 7.76. The summed E-state index contributed by atoms with van der Waals surface area (Å²) in [5, 5.41) is 1.09. The lowest BCUT2D eigenvalue weighted by atomic mass is 10.1. The van der Waals surface area contributed by atoms with Gasteiger partial charge in [-0.2, -0.15) is 0 Å². The average Bonchev–Trinajstić information content (AvgIpc) is 3.58. The van der Waals surface area contributed by atoms with E-state index in [0.29, 0.717) is 24.7 Å². The molecule has 32 heavy (non-hydrogen) atoms. The fourth-order valence-electron chi connectivity index (χ4n) is 4.70. The van der Waals surface area contributed by atoms with Crippen molar-refractivity contribution in [3.63, 3.8) is 0 Å². The summed E-state index contributed by atoms with van der Waals surface area (Å²) in [7, 11) is 0. The molecule has 0 spiro atoms. The molecule has 1 amide bonds. The van der Waals surface area contributed by atoms with Crippen LogP contribution in [0.1, 0.15) is 16.8 Å². The third-order valence-electron chi connectivity index (χ3n) is 6.36. The first-order valence-electron chi connectivity index (χ1n) is 10.7. The van der Waals surface area contributed by atoms with Crippen molar-refractivity contribution in [2.24, 2.45) is 0 Å². The van der Waals surface area contributed by atoms with E-state index in [4.69, 9.17) is 4.74 Å². The third-order valence-corrected chi connectivity index (χ3v) is 7.12. The summed E-state index contributed by atoms with van der Waals surface area (Å²) in [6.45, 7) is 1.33. The minimum atomic E-state index is 0.0708. The zero-order valence-electron chi connectivity index (χ0n) is 17.6. The van der Waals surface area contributed by atoms with Gasteiger partial charge in [-0.05, 0) is 30.4 Å². The van der Waals surface area contributed by atoms with Gasteiger partial charge in [-0.15, -0.1) is 11.8 Å². The van der Waals surface area contributed by atoms with Crippen LogP contribution in [-0.2, 0) is 4.74 Å². The normalized spacial score (nSPS) is 19.7. The van der Waals surface area contributed by atoms with Crippen molar-refractivity contribution < 1.29 is 9.53 Å². The molecule has 2 fully saturated rings. The molecule has 0 unspecified atom stereocenters. The maximum Gasteiger partial charge on any atom is 0.254 e. The van der Waals surface area contributed by atoms with Gasteiger partial charge < -0.3 is 9.64 Å². The van der Waals surface area contributed by atoms with Gasteiger partial charge in [0.2, 0.25) is 5.95 Å². The molecule has 0 N–H and O–H groups in total. The van der Waals surface area contributed by atoms with Gasteiger partial charge in [0.05, 0.1) is 24.3 Å². The Labute approximate surface area is 190 Å². The molecular formula is C25H22N4O2S. The van der Waals surface area contributed by atoms with Gasteiger partial charge in [0.15, 0.2) is 0 Å². The second-order valence-electron chi connectivity index (χ2n) is 8.24. The molecule has 2 atom stereocenters. The molecule has 0 aliphatic carbocycles. The standard InChI is InChI=1S/C25H22N4O2S/c1-32-23-14-29(25-26-11-18(12-27-25)16-5-3-2-4-6-16)22-9-17(7-8-21(22)23)24(30)28-13-20-10-19(28)15-31-20/h2-9,11-12,14,19-20H,10,13,15H2,1H3/t19-,20-/m1/s1. The number of thioether (sulfide) groups is 1. The summed E-state index contributed by atoms with van der Waals surface area (Å²) in [6.07, 6.45) is 8.93. The quantitative estimate of drug-likeness (QED) is 0.438. The van der Waals surface area contributed by atoms with Gasteiger partial charge in [-0.1, -0.05) is 36.4 Å². The lowest BCUT2D eigenvalue weighted by molar-refractivity contribution is 0.0259. The van der Waals surface area contributed by atoms with Crippen LogP contribution in [0.5, 0.6) is 0 Å². The SMILES string of the molecule is CSc1cn(-c2ncc(-c3ccccc3)cn2)c2cc(C(=O)N3C[C@H]4C[C@@H]3CO4)ccc12. The van der Waals surface area contributed by atoms with Crippen molar-refractivity contribution in [2.75, 3.05) is 19.4 Å². The average molecular weight is 443 g/mol. The van der Waals surface area contributed by atoms with Crippen LogP contribution in [0.2, 0.25) is 0 Å². The van der Waals surface area contributed by atoms with Gasteiger partial charge in [-0.3, -0.25) is 9.36 Å². The van der Waals surface area contributed by atoms with Gasteiger partial charge in [0.1, 0.15) is 0 Å². The van der Waals surface area contributed by atoms with Crippen LogP contribution in [0, 0.1) is 0 Å². The Morgan fingerprint density at radius 3 is 2.59 bits per heavy atom. The van der Waals surface area contributed by atoms with E-state index in [9.17, 15) is 4.79 Å². The number of likely N-dealkylation sites (tertiary alicyclic amines) is 1. The van der Waals surface area contributed by atoms with E-state index in [0.717, 1.165) is 33.3 Å². The Kier molecular flexibility index (Phi) is 4.73. The number of aromatic nitrogens is 3. The molecule has 6 rings (SSSR count). The van der Waals surface area contributed by atoms with Gasteiger partial charge >= 0.3 is 0 Å². The highest BCUT2D eigenvalue weighted by Crippen LogP contribution is 2.33. The number of amides is 1. The van der Waals surface area contributed by atoms with Crippen LogP contribution in [0.4, 0.5) is 0 Å². The van der Waals surface area contributed by atoms with Crippen molar-refractivity contribution in [1.82, 2.24) is 19.4 Å². The molecule has 2 aromatic carbocycles. The molecule has 2 aliphatic rings. The number of hydrogen-bond donors (Lipinski definition) is 0. The van der Waals surface area contributed by atoms with Crippen LogP contribution in [0.25, 0.3) is 28.0 Å². The van der Waals surface area contributed by atoms with Crippen LogP contribution in [-0.4, -0.2) is 56.9 Å². The molecule has 7 heteroatoms. The van der Waals surface area contributed by atoms with Crippen LogP contribution < -0.4 is 0 Å². The van der Waals surface area contributed by atoms with E-state index in [1.807, 2.05) is 76.6 Å². The minimum absolute atomic E-state index is 0.0708. The highest BCUT2D eigenvalue weighted by atomic mass is 32.2. The molecule has 160 valence electrons. The van der Waals surface area contributed by atoms with E-state index in [2.05, 4.69) is 16.2 Å². The minimum Gasteiger partial charge on any atom is -0.374 e. The number of fused-ring (bicyclic) bond motifs is 3. The van der Waals surface area contributed by atoms with Crippen molar-refractivity contribution in [3.8, 4) is 17.1 Å². The first-order valence-corrected chi connectivity index (χ1v) is 11.9. The highest BCUT2D eigenvalue weighted by molar-refractivity contribution is 7.98. The van der Waals surface area contributed by atoms with Crippen LogP contribution in [0.3, 0.4) is 0 Å². The zero-order valence-corrected chi connectivity index (χ0v) is 18.5. The molecule has 4 aromatic rings. The molecular weight excluding hydrogens is 420 g/mol. The number of ether oxygens (including phenoxy) is 1. The molecule has 0 radical (unpaired) electrons. The Balaban J connectivity index is 1.38. The molecule has 0 saturated carbocycles.